The van der Waals surface area contributed by atoms with Gasteiger partial charge in [-0.1, -0.05) is 179 Å². The standard InChI is InChI=1S/C60H46N2/c1-59(2)49-30-11-8-25-46(49)56-44(28-16-32-51(56)59)39-19-14-23-42(37-39)61(55-36-18-33-52-58(55)47-26-9-12-31-50(47)60(52,3)4)43-24-15-20-40(38-43)45-29-17-35-54-57(45)48-27-10-13-34-53(48)62(54)41-21-6-5-7-22-41/h5-38H,1-4H3. The van der Waals surface area contributed by atoms with E-state index in [1.165, 1.54) is 94.3 Å². The molecule has 0 unspecified atom stereocenters. The van der Waals surface area contributed by atoms with E-state index in [0.29, 0.717) is 0 Å². The van der Waals surface area contributed by atoms with Gasteiger partial charge in [0, 0.05) is 44.2 Å². The number of rotatable bonds is 6. The summed E-state index contributed by atoms with van der Waals surface area (Å²) in [7, 11) is 0. The molecule has 1 heterocycles. The maximum absolute atomic E-state index is 2.51. The van der Waals surface area contributed by atoms with Crippen molar-refractivity contribution in [1.82, 2.24) is 4.57 Å². The molecule has 0 saturated carbocycles. The number of nitrogens with zero attached hydrogens (tertiary/aromatic N) is 2. The van der Waals surface area contributed by atoms with E-state index in [2.05, 4.69) is 243 Å². The summed E-state index contributed by atoms with van der Waals surface area (Å²) in [4.78, 5) is 2.51. The van der Waals surface area contributed by atoms with Crippen LogP contribution in [0.25, 0.3) is 72.0 Å². The Morgan fingerprint density at radius 2 is 0.855 bits per heavy atom. The van der Waals surface area contributed by atoms with Gasteiger partial charge < -0.3 is 9.47 Å². The van der Waals surface area contributed by atoms with E-state index in [9.17, 15) is 0 Å². The predicted octanol–water partition coefficient (Wildman–Crippen LogP) is 16.2. The minimum atomic E-state index is -0.134. The third-order valence-electron chi connectivity index (χ3n) is 14.0. The fraction of sp³-hybridized carbons (Fsp3) is 0.100. The van der Waals surface area contributed by atoms with Gasteiger partial charge in [0.05, 0.1) is 16.7 Å². The zero-order chi connectivity index (χ0) is 41.7. The average Bonchev–Trinajstić information content (AvgIpc) is 3.87. The monoisotopic (exact) mass is 794 g/mol. The molecule has 62 heavy (non-hydrogen) atoms. The van der Waals surface area contributed by atoms with Crippen molar-refractivity contribution in [2.75, 3.05) is 4.90 Å². The van der Waals surface area contributed by atoms with Crippen LogP contribution in [-0.4, -0.2) is 4.57 Å². The third kappa shape index (κ3) is 5.23. The topological polar surface area (TPSA) is 8.17 Å². The third-order valence-corrected chi connectivity index (χ3v) is 14.0. The molecule has 10 aromatic rings. The Labute approximate surface area is 364 Å². The molecule has 0 atom stereocenters. The van der Waals surface area contributed by atoms with Crippen molar-refractivity contribution >= 4 is 38.9 Å². The number of para-hydroxylation sites is 2. The van der Waals surface area contributed by atoms with Crippen molar-refractivity contribution in [3.05, 3.63) is 229 Å². The van der Waals surface area contributed by atoms with E-state index in [0.717, 1.165) is 17.1 Å². The van der Waals surface area contributed by atoms with Crippen LogP contribution in [0, 0.1) is 0 Å². The van der Waals surface area contributed by atoms with E-state index in [1.54, 1.807) is 0 Å². The quantitative estimate of drug-likeness (QED) is 0.163. The number of aromatic nitrogens is 1. The fourth-order valence-electron chi connectivity index (χ4n) is 11.1. The van der Waals surface area contributed by atoms with Crippen LogP contribution in [0.15, 0.2) is 206 Å². The first kappa shape index (κ1) is 36.4. The molecular formula is C60H46N2. The summed E-state index contributed by atoms with van der Waals surface area (Å²) in [5.41, 5.74) is 22.4. The molecule has 0 bridgehead atoms. The van der Waals surface area contributed by atoms with Crippen LogP contribution < -0.4 is 4.90 Å². The summed E-state index contributed by atoms with van der Waals surface area (Å²) in [5, 5.41) is 2.51. The van der Waals surface area contributed by atoms with E-state index in [1.807, 2.05) is 0 Å². The Bertz CT molecular complexity index is 3420. The number of fused-ring (bicyclic) bond motifs is 9. The molecule has 9 aromatic carbocycles. The molecule has 296 valence electrons. The first-order valence-corrected chi connectivity index (χ1v) is 21.9. The Balaban J connectivity index is 1.09. The Morgan fingerprint density at radius 1 is 0.371 bits per heavy atom. The molecule has 0 radical (unpaired) electrons. The van der Waals surface area contributed by atoms with Crippen LogP contribution in [0.2, 0.25) is 0 Å². The first-order chi connectivity index (χ1) is 30.3. The summed E-state index contributed by atoms with van der Waals surface area (Å²) < 4.78 is 2.40. The summed E-state index contributed by atoms with van der Waals surface area (Å²) in [6, 6.07) is 76.5. The lowest BCUT2D eigenvalue weighted by Crippen LogP contribution is -2.16. The predicted molar refractivity (Wildman–Crippen MR) is 261 cm³/mol. The number of benzene rings is 9. The molecule has 12 rings (SSSR count). The molecular weight excluding hydrogens is 749 g/mol. The lowest BCUT2D eigenvalue weighted by molar-refractivity contribution is 0.660. The summed E-state index contributed by atoms with van der Waals surface area (Å²) in [6.07, 6.45) is 0. The van der Waals surface area contributed by atoms with Crippen LogP contribution >= 0.6 is 0 Å². The minimum Gasteiger partial charge on any atom is -0.310 e. The molecule has 0 N–H and O–H groups in total. The van der Waals surface area contributed by atoms with Gasteiger partial charge in [0.25, 0.3) is 0 Å². The summed E-state index contributed by atoms with van der Waals surface area (Å²) in [6.45, 7) is 9.47. The van der Waals surface area contributed by atoms with Gasteiger partial charge in [0.1, 0.15) is 0 Å². The lowest BCUT2D eigenvalue weighted by Gasteiger charge is -2.29. The summed E-state index contributed by atoms with van der Waals surface area (Å²) in [5.74, 6) is 0. The highest BCUT2D eigenvalue weighted by Crippen LogP contribution is 2.56. The van der Waals surface area contributed by atoms with E-state index in [4.69, 9.17) is 0 Å². The number of hydrogen-bond acceptors (Lipinski definition) is 1. The molecule has 0 fully saturated rings. The zero-order valence-electron chi connectivity index (χ0n) is 35.5. The second-order valence-electron chi connectivity index (χ2n) is 18.1. The Hall–Kier alpha value is -7.42. The molecule has 2 heteroatoms. The van der Waals surface area contributed by atoms with Crippen molar-refractivity contribution in [3.63, 3.8) is 0 Å². The molecule has 0 aliphatic heterocycles. The maximum atomic E-state index is 2.51. The lowest BCUT2D eigenvalue weighted by atomic mass is 9.82. The van der Waals surface area contributed by atoms with Gasteiger partial charge in [0.2, 0.25) is 0 Å². The van der Waals surface area contributed by atoms with Gasteiger partial charge in [-0.25, -0.2) is 0 Å². The van der Waals surface area contributed by atoms with E-state index in [-0.39, 0.29) is 10.8 Å². The molecule has 0 saturated heterocycles. The van der Waals surface area contributed by atoms with Gasteiger partial charge in [-0.15, -0.1) is 0 Å². The largest absolute Gasteiger partial charge is 0.310 e. The second kappa shape index (κ2) is 13.5. The molecule has 0 spiro atoms. The van der Waals surface area contributed by atoms with E-state index < -0.39 is 0 Å². The average molecular weight is 795 g/mol. The van der Waals surface area contributed by atoms with Gasteiger partial charge in [0.15, 0.2) is 0 Å². The van der Waals surface area contributed by atoms with Crippen molar-refractivity contribution < 1.29 is 0 Å². The van der Waals surface area contributed by atoms with E-state index >= 15 is 0 Å². The highest BCUT2D eigenvalue weighted by Gasteiger charge is 2.39. The van der Waals surface area contributed by atoms with Gasteiger partial charge in [-0.05, 0) is 116 Å². The van der Waals surface area contributed by atoms with Crippen LogP contribution in [0.1, 0.15) is 49.9 Å². The number of hydrogen-bond donors (Lipinski definition) is 0. The molecule has 1 aromatic heterocycles. The molecule has 2 aliphatic carbocycles. The smallest absolute Gasteiger partial charge is 0.0547 e. The van der Waals surface area contributed by atoms with Crippen molar-refractivity contribution in [1.29, 1.82) is 0 Å². The Kier molecular flexibility index (Phi) is 7.96. The molecule has 0 amide bonds. The van der Waals surface area contributed by atoms with Crippen LogP contribution in [0.3, 0.4) is 0 Å². The molecule has 2 aliphatic rings. The van der Waals surface area contributed by atoms with Crippen LogP contribution in [0.4, 0.5) is 17.1 Å². The highest BCUT2D eigenvalue weighted by atomic mass is 15.1. The van der Waals surface area contributed by atoms with Crippen LogP contribution in [-0.2, 0) is 10.8 Å². The van der Waals surface area contributed by atoms with Crippen molar-refractivity contribution in [2.24, 2.45) is 0 Å². The second-order valence-corrected chi connectivity index (χ2v) is 18.1. The Morgan fingerprint density at radius 3 is 1.56 bits per heavy atom. The van der Waals surface area contributed by atoms with Gasteiger partial charge >= 0.3 is 0 Å². The van der Waals surface area contributed by atoms with Crippen molar-refractivity contribution in [3.8, 4) is 50.2 Å². The minimum absolute atomic E-state index is 0.0763. The maximum Gasteiger partial charge on any atom is 0.0547 e. The highest BCUT2D eigenvalue weighted by molar-refractivity contribution is 6.16. The SMILES string of the molecule is CC1(C)c2ccccc2-c2c(-c3cccc(N(c4cccc(-c5cccc6c5c5ccccc5n6-c5ccccc5)c4)c4cccc5c4-c4ccccc4C5(C)C)c3)cccc21. The van der Waals surface area contributed by atoms with Crippen LogP contribution in [0.5, 0.6) is 0 Å². The van der Waals surface area contributed by atoms with Crippen molar-refractivity contribution in [2.45, 2.75) is 38.5 Å². The van der Waals surface area contributed by atoms with Gasteiger partial charge in [-0.2, -0.15) is 0 Å². The normalized spacial score (nSPS) is 14.1. The zero-order valence-corrected chi connectivity index (χ0v) is 35.5. The summed E-state index contributed by atoms with van der Waals surface area (Å²) >= 11 is 0. The first-order valence-electron chi connectivity index (χ1n) is 21.9. The molecule has 2 nitrogen and oxygen atoms in total. The van der Waals surface area contributed by atoms with Gasteiger partial charge in [-0.3, -0.25) is 0 Å². The fourth-order valence-corrected chi connectivity index (χ4v) is 11.1. The number of anilines is 3.